The summed E-state index contributed by atoms with van der Waals surface area (Å²) < 4.78 is 17.0. The third-order valence-electron chi connectivity index (χ3n) is 3.65. The molecule has 3 atom stereocenters. The summed E-state index contributed by atoms with van der Waals surface area (Å²) >= 11 is 0. The van der Waals surface area contributed by atoms with Gasteiger partial charge in [-0.25, -0.2) is 4.98 Å². The van der Waals surface area contributed by atoms with Crippen molar-refractivity contribution in [2.24, 2.45) is 0 Å². The molecule has 112 valence electrons. The molecule has 0 amide bonds. The van der Waals surface area contributed by atoms with Crippen LogP contribution >= 0.6 is 0 Å². The minimum absolute atomic E-state index is 0.316. The van der Waals surface area contributed by atoms with E-state index in [1.165, 1.54) is 0 Å². The van der Waals surface area contributed by atoms with Crippen LogP contribution in [-0.4, -0.2) is 38.3 Å². The third-order valence-corrected chi connectivity index (χ3v) is 5.39. The van der Waals surface area contributed by atoms with Gasteiger partial charge in [-0.1, -0.05) is 13.3 Å². The van der Waals surface area contributed by atoms with Gasteiger partial charge in [0.1, 0.15) is 5.82 Å². The van der Waals surface area contributed by atoms with Crippen LogP contribution in [-0.2, 0) is 10.8 Å². The van der Waals surface area contributed by atoms with Gasteiger partial charge in [0.2, 0.25) is 0 Å². The highest BCUT2D eigenvalue weighted by molar-refractivity contribution is 7.85. The molecule has 1 N–H and O–H groups in total. The molecular weight excluding hydrogens is 274 g/mol. The molecule has 1 saturated carbocycles. The molecule has 3 unspecified atom stereocenters. The van der Waals surface area contributed by atoms with Crippen molar-refractivity contribution in [3.05, 3.63) is 11.8 Å². The van der Waals surface area contributed by atoms with Gasteiger partial charge in [0, 0.05) is 39.6 Å². The summed E-state index contributed by atoms with van der Waals surface area (Å²) in [4.78, 5) is 8.50. The van der Waals surface area contributed by atoms with Gasteiger partial charge in [0.15, 0.2) is 0 Å². The van der Waals surface area contributed by atoms with E-state index in [1.54, 1.807) is 7.11 Å². The molecule has 1 heterocycles. The van der Waals surface area contributed by atoms with Gasteiger partial charge in [-0.15, -0.1) is 0 Å². The molecule has 2 rings (SSSR count). The Bertz CT molecular complexity index is 481. The standard InChI is InChI=1S/C14H23N3O2S/c1-4-20(18)12-7-5-6-11(9-12)16-13-8-10(2)15-14(17-13)19-3/h8,11-12H,4-7,9H2,1-3H3,(H,15,16,17). The summed E-state index contributed by atoms with van der Waals surface area (Å²) in [7, 11) is 0.869. The van der Waals surface area contributed by atoms with E-state index in [1.807, 2.05) is 19.9 Å². The van der Waals surface area contributed by atoms with Gasteiger partial charge in [0.05, 0.1) is 7.11 Å². The van der Waals surface area contributed by atoms with Crippen LogP contribution in [0.1, 0.15) is 38.3 Å². The number of hydrogen-bond acceptors (Lipinski definition) is 5. The predicted molar refractivity (Wildman–Crippen MR) is 81.7 cm³/mol. The summed E-state index contributed by atoms with van der Waals surface area (Å²) in [5, 5.41) is 3.76. The summed E-state index contributed by atoms with van der Waals surface area (Å²) in [6.45, 7) is 3.91. The van der Waals surface area contributed by atoms with Gasteiger partial charge in [-0.05, 0) is 26.2 Å². The van der Waals surface area contributed by atoms with Crippen LogP contribution < -0.4 is 10.1 Å². The molecule has 0 aliphatic heterocycles. The van der Waals surface area contributed by atoms with Crippen LogP contribution in [0.25, 0.3) is 0 Å². The Morgan fingerprint density at radius 3 is 2.95 bits per heavy atom. The van der Waals surface area contributed by atoms with E-state index in [0.29, 0.717) is 17.3 Å². The first-order valence-corrected chi connectivity index (χ1v) is 8.54. The third kappa shape index (κ3) is 3.91. The number of ether oxygens (including phenoxy) is 1. The lowest BCUT2D eigenvalue weighted by atomic mass is 9.95. The summed E-state index contributed by atoms with van der Waals surface area (Å²) in [6.07, 6.45) is 4.24. The minimum Gasteiger partial charge on any atom is -0.467 e. The largest absolute Gasteiger partial charge is 0.467 e. The Kier molecular flexibility index (Phi) is 5.34. The van der Waals surface area contributed by atoms with Crippen molar-refractivity contribution in [1.29, 1.82) is 0 Å². The molecule has 0 radical (unpaired) electrons. The van der Waals surface area contributed by atoms with Gasteiger partial charge in [0.25, 0.3) is 0 Å². The van der Waals surface area contributed by atoms with E-state index >= 15 is 0 Å². The van der Waals surface area contributed by atoms with Crippen LogP contribution in [0.5, 0.6) is 6.01 Å². The maximum atomic E-state index is 12.0. The fraction of sp³-hybridized carbons (Fsp3) is 0.714. The Hall–Kier alpha value is -1.17. The van der Waals surface area contributed by atoms with Crippen molar-refractivity contribution in [3.8, 4) is 6.01 Å². The van der Waals surface area contributed by atoms with Crippen LogP contribution in [0.15, 0.2) is 6.07 Å². The van der Waals surface area contributed by atoms with E-state index in [0.717, 1.165) is 42.9 Å². The zero-order valence-corrected chi connectivity index (χ0v) is 13.2. The van der Waals surface area contributed by atoms with Crippen LogP contribution in [0, 0.1) is 6.92 Å². The van der Waals surface area contributed by atoms with Gasteiger partial charge >= 0.3 is 6.01 Å². The second-order valence-corrected chi connectivity index (χ2v) is 7.19. The normalized spacial score (nSPS) is 24.1. The minimum atomic E-state index is -0.700. The van der Waals surface area contributed by atoms with Crippen molar-refractivity contribution in [1.82, 2.24) is 9.97 Å². The molecule has 6 heteroatoms. The number of nitrogens with one attached hydrogen (secondary N) is 1. The summed E-state index contributed by atoms with van der Waals surface area (Å²) in [6, 6.07) is 2.64. The number of aryl methyl sites for hydroxylation is 1. The molecule has 1 aromatic heterocycles. The lowest BCUT2D eigenvalue weighted by Crippen LogP contribution is -2.33. The topological polar surface area (TPSA) is 64.1 Å². The number of nitrogens with zero attached hydrogens (tertiary/aromatic N) is 2. The molecule has 5 nitrogen and oxygen atoms in total. The van der Waals surface area contributed by atoms with Crippen LogP contribution in [0.2, 0.25) is 0 Å². The van der Waals surface area contributed by atoms with Crippen molar-refractivity contribution in [2.45, 2.75) is 50.8 Å². The molecular formula is C14H23N3O2S. The average Bonchev–Trinajstić information content (AvgIpc) is 2.46. The molecule has 0 spiro atoms. The number of rotatable bonds is 5. The molecule has 1 aromatic rings. The Labute approximate surface area is 123 Å². The van der Waals surface area contributed by atoms with Crippen molar-refractivity contribution in [2.75, 3.05) is 18.2 Å². The first kappa shape index (κ1) is 15.2. The van der Waals surface area contributed by atoms with Crippen LogP contribution in [0.4, 0.5) is 5.82 Å². The molecule has 0 bridgehead atoms. The average molecular weight is 297 g/mol. The predicted octanol–water partition coefficient (Wildman–Crippen LogP) is 2.29. The van der Waals surface area contributed by atoms with Gasteiger partial charge < -0.3 is 10.1 Å². The molecule has 1 fully saturated rings. The van der Waals surface area contributed by atoms with Gasteiger partial charge in [-0.3, -0.25) is 4.21 Å². The lowest BCUT2D eigenvalue weighted by Gasteiger charge is -2.29. The van der Waals surface area contributed by atoms with E-state index < -0.39 is 10.8 Å². The first-order chi connectivity index (χ1) is 9.62. The number of methoxy groups -OCH3 is 1. The zero-order valence-electron chi connectivity index (χ0n) is 12.4. The fourth-order valence-electron chi connectivity index (χ4n) is 2.67. The first-order valence-electron chi connectivity index (χ1n) is 7.15. The molecule has 0 saturated heterocycles. The second kappa shape index (κ2) is 7.02. The van der Waals surface area contributed by atoms with E-state index in [9.17, 15) is 4.21 Å². The maximum Gasteiger partial charge on any atom is 0.318 e. The van der Waals surface area contributed by atoms with Gasteiger partial charge in [-0.2, -0.15) is 4.98 Å². The SMILES string of the molecule is CCS(=O)C1CCCC(Nc2cc(C)nc(OC)n2)C1. The summed E-state index contributed by atoms with van der Waals surface area (Å²) in [5.41, 5.74) is 0.879. The molecule has 20 heavy (non-hydrogen) atoms. The monoisotopic (exact) mass is 297 g/mol. The van der Waals surface area contributed by atoms with Crippen LogP contribution in [0.3, 0.4) is 0 Å². The Morgan fingerprint density at radius 1 is 1.45 bits per heavy atom. The van der Waals surface area contributed by atoms with Crippen molar-refractivity contribution >= 4 is 16.6 Å². The maximum absolute atomic E-state index is 12.0. The van der Waals surface area contributed by atoms with E-state index in [4.69, 9.17) is 4.74 Å². The molecule has 1 aliphatic rings. The zero-order chi connectivity index (χ0) is 14.5. The van der Waals surface area contributed by atoms with E-state index in [2.05, 4.69) is 15.3 Å². The second-order valence-electron chi connectivity index (χ2n) is 5.18. The van der Waals surface area contributed by atoms with E-state index in [-0.39, 0.29) is 0 Å². The number of hydrogen-bond donors (Lipinski definition) is 1. The highest BCUT2D eigenvalue weighted by Gasteiger charge is 2.25. The lowest BCUT2D eigenvalue weighted by molar-refractivity contribution is 0.378. The van der Waals surface area contributed by atoms with Crippen molar-refractivity contribution in [3.63, 3.8) is 0 Å². The molecule has 1 aliphatic carbocycles. The summed E-state index contributed by atoms with van der Waals surface area (Å²) in [5.74, 6) is 1.54. The van der Waals surface area contributed by atoms with Crippen molar-refractivity contribution < 1.29 is 8.95 Å². The fourth-order valence-corrected chi connectivity index (χ4v) is 4.01. The quantitative estimate of drug-likeness (QED) is 0.903. The number of aromatic nitrogens is 2. The Balaban J connectivity index is 2.02. The highest BCUT2D eigenvalue weighted by Crippen LogP contribution is 2.25. The highest BCUT2D eigenvalue weighted by atomic mass is 32.2. The smallest absolute Gasteiger partial charge is 0.318 e. The Morgan fingerprint density at radius 2 is 2.25 bits per heavy atom. The number of anilines is 1. The molecule has 0 aromatic carbocycles.